The Balaban J connectivity index is 2.63. The maximum Gasteiger partial charge on any atom is 0.172 e. The van der Waals surface area contributed by atoms with Crippen LogP contribution in [0, 0.1) is 0 Å². The van der Waals surface area contributed by atoms with Crippen molar-refractivity contribution in [3.63, 3.8) is 0 Å². The van der Waals surface area contributed by atoms with Gasteiger partial charge in [-0.15, -0.1) is 0 Å². The fourth-order valence-corrected chi connectivity index (χ4v) is 1.16. The van der Waals surface area contributed by atoms with E-state index in [1.807, 2.05) is 0 Å². The van der Waals surface area contributed by atoms with Crippen LogP contribution in [0.5, 0.6) is 0 Å². The van der Waals surface area contributed by atoms with E-state index in [0.29, 0.717) is 0 Å². The Morgan fingerprint density at radius 2 is 1.75 bits per heavy atom. The number of rotatable bonds is 1. The minimum atomic E-state index is -1.27. The molecule has 72 valence electrons. The SMILES string of the molecule is NC[C@H]1OC(O)[C@H](N)[C@@H](O)[C@@H]1O. The first-order valence-electron chi connectivity index (χ1n) is 3.73. The first kappa shape index (κ1) is 9.85. The van der Waals surface area contributed by atoms with Crippen LogP contribution < -0.4 is 11.5 Å². The van der Waals surface area contributed by atoms with Crippen molar-refractivity contribution in [3.8, 4) is 0 Å². The van der Waals surface area contributed by atoms with Crippen molar-refractivity contribution in [2.45, 2.75) is 30.6 Å². The lowest BCUT2D eigenvalue weighted by Crippen LogP contribution is -2.62. The third-order valence-corrected chi connectivity index (χ3v) is 2.00. The van der Waals surface area contributed by atoms with Crippen molar-refractivity contribution in [3.05, 3.63) is 0 Å². The summed E-state index contributed by atoms with van der Waals surface area (Å²) in [7, 11) is 0. The van der Waals surface area contributed by atoms with Crippen LogP contribution in [0.15, 0.2) is 0 Å². The smallest absolute Gasteiger partial charge is 0.172 e. The van der Waals surface area contributed by atoms with Gasteiger partial charge in [0.25, 0.3) is 0 Å². The highest BCUT2D eigenvalue weighted by atomic mass is 16.6. The van der Waals surface area contributed by atoms with Gasteiger partial charge in [0.1, 0.15) is 18.3 Å². The molecule has 7 N–H and O–H groups in total. The van der Waals surface area contributed by atoms with Gasteiger partial charge < -0.3 is 31.5 Å². The molecule has 6 nitrogen and oxygen atoms in total. The fraction of sp³-hybridized carbons (Fsp3) is 1.00. The zero-order chi connectivity index (χ0) is 9.30. The normalized spacial score (nSPS) is 49.2. The van der Waals surface area contributed by atoms with Crippen molar-refractivity contribution in [1.82, 2.24) is 0 Å². The van der Waals surface area contributed by atoms with E-state index in [9.17, 15) is 10.2 Å². The largest absolute Gasteiger partial charge is 0.388 e. The molecule has 0 saturated carbocycles. The molecular formula is C6H14N2O4. The second-order valence-corrected chi connectivity index (χ2v) is 2.86. The Kier molecular flexibility index (Phi) is 2.99. The third kappa shape index (κ3) is 1.58. The topological polar surface area (TPSA) is 122 Å². The minimum absolute atomic E-state index is 0.0298. The highest BCUT2D eigenvalue weighted by molar-refractivity contribution is 4.91. The van der Waals surface area contributed by atoms with E-state index < -0.39 is 30.6 Å². The van der Waals surface area contributed by atoms with Gasteiger partial charge in [0.15, 0.2) is 6.29 Å². The zero-order valence-electron chi connectivity index (χ0n) is 6.50. The number of aliphatic hydroxyl groups is 3. The molecule has 1 rings (SSSR count). The number of nitrogens with two attached hydrogens (primary N) is 2. The van der Waals surface area contributed by atoms with E-state index in [2.05, 4.69) is 0 Å². The molecule has 0 aromatic heterocycles. The summed E-state index contributed by atoms with van der Waals surface area (Å²) in [5.41, 5.74) is 10.5. The molecular weight excluding hydrogens is 164 g/mol. The van der Waals surface area contributed by atoms with Gasteiger partial charge >= 0.3 is 0 Å². The van der Waals surface area contributed by atoms with E-state index in [0.717, 1.165) is 0 Å². The lowest BCUT2D eigenvalue weighted by molar-refractivity contribution is -0.238. The first-order chi connectivity index (χ1) is 5.57. The summed E-state index contributed by atoms with van der Waals surface area (Å²) in [6, 6.07) is -0.984. The van der Waals surface area contributed by atoms with E-state index in [1.54, 1.807) is 0 Å². The van der Waals surface area contributed by atoms with Crippen molar-refractivity contribution in [2.75, 3.05) is 6.54 Å². The predicted molar refractivity (Wildman–Crippen MR) is 39.9 cm³/mol. The van der Waals surface area contributed by atoms with E-state index >= 15 is 0 Å². The molecule has 1 unspecified atom stereocenters. The molecule has 0 aromatic carbocycles. The maximum absolute atomic E-state index is 9.28. The van der Waals surface area contributed by atoms with Crippen molar-refractivity contribution in [2.24, 2.45) is 11.5 Å². The maximum atomic E-state index is 9.28. The number of hydrogen-bond acceptors (Lipinski definition) is 6. The van der Waals surface area contributed by atoms with Gasteiger partial charge in [-0.1, -0.05) is 0 Å². The van der Waals surface area contributed by atoms with Crippen LogP contribution in [0.2, 0.25) is 0 Å². The van der Waals surface area contributed by atoms with Gasteiger partial charge in [-0.25, -0.2) is 0 Å². The fourth-order valence-electron chi connectivity index (χ4n) is 1.16. The summed E-state index contributed by atoms with van der Waals surface area (Å²) >= 11 is 0. The summed E-state index contributed by atoms with van der Waals surface area (Å²) in [5, 5.41) is 27.6. The molecule has 0 amide bonds. The Morgan fingerprint density at radius 1 is 1.17 bits per heavy atom. The molecule has 5 atom stereocenters. The number of aliphatic hydroxyl groups excluding tert-OH is 3. The Bertz CT molecular complexity index is 152. The van der Waals surface area contributed by atoms with E-state index in [4.69, 9.17) is 21.3 Å². The van der Waals surface area contributed by atoms with Crippen LogP contribution in [0.25, 0.3) is 0 Å². The van der Waals surface area contributed by atoms with E-state index in [-0.39, 0.29) is 6.54 Å². The summed E-state index contributed by atoms with van der Waals surface area (Å²) in [4.78, 5) is 0. The predicted octanol–water partition coefficient (Wildman–Crippen LogP) is -3.29. The first-order valence-corrected chi connectivity index (χ1v) is 3.73. The number of ether oxygens (including phenoxy) is 1. The van der Waals surface area contributed by atoms with Crippen LogP contribution in [0.4, 0.5) is 0 Å². The second-order valence-electron chi connectivity index (χ2n) is 2.86. The highest BCUT2D eigenvalue weighted by Crippen LogP contribution is 2.17. The molecule has 1 aliphatic heterocycles. The van der Waals surface area contributed by atoms with Crippen LogP contribution in [0.1, 0.15) is 0 Å². The van der Waals surface area contributed by atoms with Crippen LogP contribution >= 0.6 is 0 Å². The second kappa shape index (κ2) is 3.65. The van der Waals surface area contributed by atoms with Crippen LogP contribution in [-0.2, 0) is 4.74 Å². The van der Waals surface area contributed by atoms with Gasteiger partial charge in [-0.2, -0.15) is 0 Å². The van der Waals surface area contributed by atoms with Gasteiger partial charge in [0, 0.05) is 6.54 Å². The van der Waals surface area contributed by atoms with Gasteiger partial charge in [-0.3, -0.25) is 0 Å². The Morgan fingerprint density at radius 3 is 2.25 bits per heavy atom. The molecule has 12 heavy (non-hydrogen) atoms. The molecule has 1 saturated heterocycles. The molecule has 1 fully saturated rings. The third-order valence-electron chi connectivity index (χ3n) is 2.00. The summed E-state index contributed by atoms with van der Waals surface area (Å²) in [6.07, 6.45) is -4.34. The molecule has 1 heterocycles. The summed E-state index contributed by atoms with van der Waals surface area (Å²) in [6.45, 7) is 0.0298. The monoisotopic (exact) mass is 178 g/mol. The standard InChI is InChI=1S/C6H14N2O4/c7-1-2-4(9)5(10)3(8)6(11)12-2/h2-6,9-11H,1,7-8H2/t2-,3-,4-,5-,6?/m1/s1. The average Bonchev–Trinajstić information content (AvgIpc) is 2.08. The Labute approximate surface area is 69.7 Å². The highest BCUT2D eigenvalue weighted by Gasteiger charge is 2.41. The molecule has 6 heteroatoms. The molecule has 0 radical (unpaired) electrons. The zero-order valence-corrected chi connectivity index (χ0v) is 6.50. The minimum Gasteiger partial charge on any atom is -0.388 e. The van der Waals surface area contributed by atoms with Gasteiger partial charge in [0.05, 0.1) is 6.04 Å². The van der Waals surface area contributed by atoms with Gasteiger partial charge in [-0.05, 0) is 0 Å². The van der Waals surface area contributed by atoms with Gasteiger partial charge in [0.2, 0.25) is 0 Å². The lowest BCUT2D eigenvalue weighted by Gasteiger charge is -2.38. The quantitative estimate of drug-likeness (QED) is 0.287. The van der Waals surface area contributed by atoms with Crippen LogP contribution in [0.3, 0.4) is 0 Å². The summed E-state index contributed by atoms with van der Waals surface area (Å²) in [5.74, 6) is 0. The van der Waals surface area contributed by atoms with Crippen molar-refractivity contribution < 1.29 is 20.1 Å². The van der Waals surface area contributed by atoms with Crippen molar-refractivity contribution in [1.29, 1.82) is 0 Å². The molecule has 0 spiro atoms. The molecule has 0 aromatic rings. The molecule has 0 bridgehead atoms. The lowest BCUT2D eigenvalue weighted by atomic mass is 9.98. The number of hydrogen-bond donors (Lipinski definition) is 5. The molecule has 1 aliphatic rings. The average molecular weight is 178 g/mol. The van der Waals surface area contributed by atoms with E-state index in [1.165, 1.54) is 0 Å². The van der Waals surface area contributed by atoms with Crippen molar-refractivity contribution >= 4 is 0 Å². The molecule has 0 aliphatic carbocycles. The summed E-state index contributed by atoms with van der Waals surface area (Å²) < 4.78 is 4.83. The Hall–Kier alpha value is -0.240. The van der Waals surface area contributed by atoms with Crippen LogP contribution in [-0.4, -0.2) is 52.5 Å².